The molecule has 1 rings (SSSR count). The van der Waals surface area contributed by atoms with E-state index < -0.39 is 17.4 Å². The van der Waals surface area contributed by atoms with E-state index in [1.54, 1.807) is 0 Å². The molecule has 1 aromatic rings. The van der Waals surface area contributed by atoms with E-state index in [1.807, 2.05) is 24.3 Å². The first kappa shape index (κ1) is 12.3. The van der Waals surface area contributed by atoms with Gasteiger partial charge in [-0.25, -0.2) is 0 Å². The normalized spacial score (nSPS) is 11.6. The van der Waals surface area contributed by atoms with Gasteiger partial charge in [0.05, 0.1) is 0 Å². The molecule has 0 N–H and O–H groups in total. The van der Waals surface area contributed by atoms with Crippen molar-refractivity contribution in [3.63, 3.8) is 0 Å². The minimum absolute atomic E-state index is 0.951. The third-order valence-electron chi connectivity index (χ3n) is 1.62. The van der Waals surface area contributed by atoms with E-state index >= 15 is 0 Å². The molecule has 0 aromatic heterocycles. The summed E-state index contributed by atoms with van der Waals surface area (Å²) in [5.74, 6) is 1.91. The van der Waals surface area contributed by atoms with E-state index in [0.717, 1.165) is 11.5 Å². The smallest absolute Gasteiger partial charge is 0.242 e. The van der Waals surface area contributed by atoms with Crippen molar-refractivity contribution >= 4 is 17.4 Å². The zero-order valence-electron chi connectivity index (χ0n) is 10.2. The van der Waals surface area contributed by atoms with Gasteiger partial charge in [0.15, 0.2) is 0 Å². The molecule has 0 amide bonds. The highest BCUT2D eigenvalue weighted by molar-refractivity contribution is 6.70. The molecule has 0 radical (unpaired) electrons. The van der Waals surface area contributed by atoms with Gasteiger partial charge in [0.25, 0.3) is 0 Å². The number of rotatable bonds is 4. The minimum Gasteiger partial charge on any atom is -0.547 e. The standard InChI is InChI=1S/C11H20O2Si2/c1-14(2)12-10-6-8-11(9-7-10)13-15(3,4)5/h6-9,14H,1-5H3. The number of hydrogen-bond acceptors (Lipinski definition) is 2. The zero-order valence-corrected chi connectivity index (χ0v) is 12.4. The van der Waals surface area contributed by atoms with E-state index in [9.17, 15) is 0 Å². The highest BCUT2D eigenvalue weighted by atomic mass is 28.4. The largest absolute Gasteiger partial charge is 0.547 e. The predicted octanol–water partition coefficient (Wildman–Crippen LogP) is 3.26. The maximum Gasteiger partial charge on any atom is 0.242 e. The van der Waals surface area contributed by atoms with Crippen LogP contribution in [0.1, 0.15) is 0 Å². The lowest BCUT2D eigenvalue weighted by Crippen LogP contribution is -2.29. The highest BCUT2D eigenvalue weighted by Gasteiger charge is 2.15. The molecule has 0 fully saturated rings. The highest BCUT2D eigenvalue weighted by Crippen LogP contribution is 2.20. The first-order valence-electron chi connectivity index (χ1n) is 5.32. The van der Waals surface area contributed by atoms with E-state index in [4.69, 9.17) is 8.85 Å². The van der Waals surface area contributed by atoms with Crippen LogP contribution in [0.5, 0.6) is 11.5 Å². The van der Waals surface area contributed by atoms with Crippen molar-refractivity contribution in [1.29, 1.82) is 0 Å². The summed E-state index contributed by atoms with van der Waals surface area (Å²) >= 11 is 0. The van der Waals surface area contributed by atoms with Crippen molar-refractivity contribution < 1.29 is 8.85 Å². The molecule has 0 atom stereocenters. The van der Waals surface area contributed by atoms with Gasteiger partial charge in [0, 0.05) is 0 Å². The zero-order chi connectivity index (χ0) is 11.5. The molecule has 4 heteroatoms. The van der Waals surface area contributed by atoms with Gasteiger partial charge in [-0.1, -0.05) is 0 Å². The van der Waals surface area contributed by atoms with Gasteiger partial charge < -0.3 is 8.85 Å². The molecule has 1 aromatic carbocycles. The van der Waals surface area contributed by atoms with Crippen molar-refractivity contribution in [2.75, 3.05) is 0 Å². The SMILES string of the molecule is C[SiH](C)Oc1ccc(O[Si](C)(C)C)cc1. The lowest BCUT2D eigenvalue weighted by atomic mass is 10.3. The maximum atomic E-state index is 5.86. The third-order valence-corrected chi connectivity index (χ3v) is 3.21. The topological polar surface area (TPSA) is 18.5 Å². The van der Waals surface area contributed by atoms with Crippen LogP contribution >= 0.6 is 0 Å². The lowest BCUT2D eigenvalue weighted by molar-refractivity contribution is 0.549. The van der Waals surface area contributed by atoms with Crippen LogP contribution in [0.15, 0.2) is 24.3 Å². The first-order valence-corrected chi connectivity index (χ1v) is 11.5. The van der Waals surface area contributed by atoms with Crippen molar-refractivity contribution in [3.8, 4) is 11.5 Å². The summed E-state index contributed by atoms with van der Waals surface area (Å²) in [5, 5.41) is 0. The van der Waals surface area contributed by atoms with Gasteiger partial charge in [0.1, 0.15) is 11.5 Å². The Kier molecular flexibility index (Phi) is 3.99. The first-order chi connectivity index (χ1) is 6.87. The Bertz CT molecular complexity index is 301. The van der Waals surface area contributed by atoms with Crippen molar-refractivity contribution in [2.24, 2.45) is 0 Å². The molecule has 0 heterocycles. The van der Waals surface area contributed by atoms with Gasteiger partial charge in [-0.05, 0) is 57.0 Å². The molecule has 0 bridgehead atoms. The molecule has 0 aliphatic heterocycles. The summed E-state index contributed by atoms with van der Waals surface area (Å²) in [6.45, 7) is 10.9. The van der Waals surface area contributed by atoms with E-state index in [1.165, 1.54) is 0 Å². The Balaban J connectivity index is 2.64. The van der Waals surface area contributed by atoms with E-state index in [0.29, 0.717) is 0 Å². The van der Waals surface area contributed by atoms with Crippen molar-refractivity contribution in [1.82, 2.24) is 0 Å². The predicted molar refractivity (Wildman–Crippen MR) is 69.9 cm³/mol. The van der Waals surface area contributed by atoms with Gasteiger partial charge >= 0.3 is 0 Å². The fourth-order valence-corrected chi connectivity index (χ4v) is 2.76. The molecule has 0 spiro atoms. The molecule has 0 aliphatic rings. The van der Waals surface area contributed by atoms with Crippen LogP contribution in [0.25, 0.3) is 0 Å². The fraction of sp³-hybridized carbons (Fsp3) is 0.455. The Morgan fingerprint density at radius 1 is 0.933 bits per heavy atom. The summed E-state index contributed by atoms with van der Waals surface area (Å²) in [4.78, 5) is 0. The second-order valence-corrected chi connectivity index (χ2v) is 11.6. The Morgan fingerprint density at radius 2 is 1.40 bits per heavy atom. The molecule has 0 aliphatic carbocycles. The molecule has 0 saturated heterocycles. The van der Waals surface area contributed by atoms with Crippen LogP contribution < -0.4 is 8.85 Å². The Labute approximate surface area is 95.1 Å². The summed E-state index contributed by atoms with van der Waals surface area (Å²) in [7, 11) is -2.47. The number of hydrogen-bond donors (Lipinski definition) is 0. The summed E-state index contributed by atoms with van der Waals surface area (Å²) < 4.78 is 11.6. The Morgan fingerprint density at radius 3 is 1.80 bits per heavy atom. The molecule has 0 unspecified atom stereocenters. The minimum atomic E-state index is -1.48. The fourth-order valence-electron chi connectivity index (χ4n) is 1.21. The molecule has 84 valence electrons. The second kappa shape index (κ2) is 4.85. The van der Waals surface area contributed by atoms with Crippen LogP contribution in [0.4, 0.5) is 0 Å². The molecular formula is C11H20O2Si2. The van der Waals surface area contributed by atoms with Gasteiger partial charge in [0.2, 0.25) is 17.4 Å². The third kappa shape index (κ3) is 5.04. The molecule has 0 saturated carbocycles. The number of benzene rings is 1. The van der Waals surface area contributed by atoms with Gasteiger partial charge in [-0.2, -0.15) is 0 Å². The van der Waals surface area contributed by atoms with Crippen LogP contribution in [-0.4, -0.2) is 17.4 Å². The van der Waals surface area contributed by atoms with E-state index in [-0.39, 0.29) is 0 Å². The monoisotopic (exact) mass is 240 g/mol. The second-order valence-electron chi connectivity index (χ2n) is 4.85. The van der Waals surface area contributed by atoms with Gasteiger partial charge in [-0.15, -0.1) is 0 Å². The Hall–Kier alpha value is -0.746. The summed E-state index contributed by atoms with van der Waals surface area (Å²) in [6, 6.07) is 7.96. The maximum absolute atomic E-state index is 5.86. The summed E-state index contributed by atoms with van der Waals surface area (Å²) in [6.07, 6.45) is 0. The molecular weight excluding hydrogens is 220 g/mol. The molecule has 15 heavy (non-hydrogen) atoms. The van der Waals surface area contributed by atoms with Crippen LogP contribution in [-0.2, 0) is 0 Å². The van der Waals surface area contributed by atoms with Gasteiger partial charge in [-0.3, -0.25) is 0 Å². The van der Waals surface area contributed by atoms with Crippen LogP contribution in [0.3, 0.4) is 0 Å². The average molecular weight is 240 g/mol. The molecule has 2 nitrogen and oxygen atoms in total. The van der Waals surface area contributed by atoms with Crippen LogP contribution in [0.2, 0.25) is 32.7 Å². The van der Waals surface area contributed by atoms with Crippen molar-refractivity contribution in [3.05, 3.63) is 24.3 Å². The van der Waals surface area contributed by atoms with Crippen LogP contribution in [0, 0.1) is 0 Å². The quantitative estimate of drug-likeness (QED) is 0.752. The van der Waals surface area contributed by atoms with Crippen molar-refractivity contribution in [2.45, 2.75) is 32.7 Å². The summed E-state index contributed by atoms with van der Waals surface area (Å²) in [5.41, 5.74) is 0. The average Bonchev–Trinajstić information content (AvgIpc) is 2.05. The van der Waals surface area contributed by atoms with E-state index in [2.05, 4.69) is 32.7 Å². The lowest BCUT2D eigenvalue weighted by Gasteiger charge is -2.19.